The van der Waals surface area contributed by atoms with Crippen molar-refractivity contribution in [3.05, 3.63) is 56.8 Å². The van der Waals surface area contributed by atoms with Crippen molar-refractivity contribution in [3.63, 3.8) is 0 Å². The standard InChI is InChI=1S/C16H14BrClF2N4O2/c1-22-16(21)26-3-2-8-4-10(6-12(19)13(8)20)24-15(25)14-11(18)5-9(17)7-23-14/h4-7H,2-3H2,1H3,(H2,21,22)(H,24,25). The maximum Gasteiger partial charge on any atom is 0.281 e. The second kappa shape index (κ2) is 8.91. The third-order valence-electron chi connectivity index (χ3n) is 3.23. The summed E-state index contributed by atoms with van der Waals surface area (Å²) in [6.45, 7) is -0.00295. The molecule has 0 aliphatic carbocycles. The van der Waals surface area contributed by atoms with E-state index < -0.39 is 17.5 Å². The third-order valence-corrected chi connectivity index (χ3v) is 3.95. The number of hydrogen-bond donors (Lipinski definition) is 2. The van der Waals surface area contributed by atoms with E-state index in [-0.39, 0.29) is 41.0 Å². The van der Waals surface area contributed by atoms with Crippen LogP contribution in [0.4, 0.5) is 14.5 Å². The average Bonchev–Trinajstić information content (AvgIpc) is 2.58. The summed E-state index contributed by atoms with van der Waals surface area (Å²) in [4.78, 5) is 19.7. The zero-order valence-electron chi connectivity index (χ0n) is 13.5. The van der Waals surface area contributed by atoms with Crippen LogP contribution in [0.15, 0.2) is 33.9 Å². The molecule has 1 heterocycles. The van der Waals surface area contributed by atoms with Gasteiger partial charge in [-0.25, -0.2) is 18.8 Å². The van der Waals surface area contributed by atoms with Crippen LogP contribution in [-0.4, -0.2) is 30.6 Å². The van der Waals surface area contributed by atoms with Gasteiger partial charge in [0.2, 0.25) is 0 Å². The quantitative estimate of drug-likeness (QED) is 0.542. The molecule has 0 saturated carbocycles. The van der Waals surface area contributed by atoms with Crippen LogP contribution in [0.5, 0.6) is 0 Å². The number of hydrogen-bond acceptors (Lipinski definition) is 4. The van der Waals surface area contributed by atoms with Gasteiger partial charge in [-0.1, -0.05) is 11.6 Å². The van der Waals surface area contributed by atoms with Gasteiger partial charge in [-0.3, -0.25) is 4.79 Å². The van der Waals surface area contributed by atoms with E-state index in [1.807, 2.05) is 0 Å². The number of aliphatic imine (C=N–C) groups is 1. The Bertz CT molecular complexity index is 864. The first-order valence-corrected chi connectivity index (χ1v) is 8.44. The highest BCUT2D eigenvalue weighted by atomic mass is 79.9. The van der Waals surface area contributed by atoms with Crippen molar-refractivity contribution in [1.82, 2.24) is 4.98 Å². The molecule has 6 nitrogen and oxygen atoms in total. The summed E-state index contributed by atoms with van der Waals surface area (Å²) in [5.41, 5.74) is 5.40. The van der Waals surface area contributed by atoms with Gasteiger partial charge in [0.05, 0.1) is 11.6 Å². The largest absolute Gasteiger partial charge is 0.465 e. The van der Waals surface area contributed by atoms with Crippen molar-refractivity contribution in [3.8, 4) is 0 Å². The minimum Gasteiger partial charge on any atom is -0.465 e. The number of nitrogens with zero attached hydrogens (tertiary/aromatic N) is 2. The number of benzene rings is 1. The van der Waals surface area contributed by atoms with E-state index in [2.05, 4.69) is 31.2 Å². The molecule has 0 fully saturated rings. The predicted molar refractivity (Wildman–Crippen MR) is 98.5 cm³/mol. The molecule has 0 atom stereocenters. The van der Waals surface area contributed by atoms with Crippen LogP contribution in [0.25, 0.3) is 0 Å². The Morgan fingerprint density at radius 1 is 1.42 bits per heavy atom. The number of aromatic nitrogens is 1. The Kier molecular flexibility index (Phi) is 6.87. The number of nitrogens with one attached hydrogen (secondary N) is 1. The number of carbonyl (C=O) groups is 1. The zero-order chi connectivity index (χ0) is 19.3. The molecule has 0 bridgehead atoms. The minimum absolute atomic E-state index is 0.00295. The van der Waals surface area contributed by atoms with Crippen LogP contribution < -0.4 is 11.1 Å². The van der Waals surface area contributed by atoms with E-state index in [0.29, 0.717) is 4.47 Å². The van der Waals surface area contributed by atoms with E-state index in [4.69, 9.17) is 22.1 Å². The van der Waals surface area contributed by atoms with Gasteiger partial charge in [0.25, 0.3) is 11.9 Å². The number of pyridine rings is 1. The molecule has 10 heteroatoms. The zero-order valence-corrected chi connectivity index (χ0v) is 15.9. The van der Waals surface area contributed by atoms with Crippen molar-refractivity contribution in [2.75, 3.05) is 19.0 Å². The lowest BCUT2D eigenvalue weighted by Crippen LogP contribution is -2.18. The molecule has 0 spiro atoms. The molecule has 26 heavy (non-hydrogen) atoms. The number of amides is 1. The first kappa shape index (κ1) is 20.1. The van der Waals surface area contributed by atoms with E-state index in [0.717, 1.165) is 6.07 Å². The molecule has 2 rings (SSSR count). The molecule has 1 amide bonds. The maximum absolute atomic E-state index is 13.9. The molecule has 0 aliphatic rings. The highest BCUT2D eigenvalue weighted by Gasteiger charge is 2.16. The number of carbonyl (C=O) groups excluding carboxylic acids is 1. The molecule has 0 radical (unpaired) electrons. The van der Waals surface area contributed by atoms with Crippen LogP contribution in [0, 0.1) is 11.6 Å². The van der Waals surface area contributed by atoms with E-state index in [1.54, 1.807) is 0 Å². The third kappa shape index (κ3) is 5.12. The molecular formula is C16H14BrClF2N4O2. The number of ether oxygens (including phenoxy) is 1. The van der Waals surface area contributed by atoms with Crippen LogP contribution in [0.2, 0.25) is 5.02 Å². The van der Waals surface area contributed by atoms with Crippen molar-refractivity contribution < 1.29 is 18.3 Å². The van der Waals surface area contributed by atoms with Crippen molar-refractivity contribution in [2.45, 2.75) is 6.42 Å². The Hall–Kier alpha value is -2.26. The van der Waals surface area contributed by atoms with Gasteiger partial charge in [0.15, 0.2) is 11.6 Å². The van der Waals surface area contributed by atoms with Crippen LogP contribution in [0.3, 0.4) is 0 Å². The Morgan fingerprint density at radius 2 is 2.15 bits per heavy atom. The summed E-state index contributed by atoms with van der Waals surface area (Å²) in [6, 6.07) is 3.60. The number of rotatable bonds is 5. The second-order valence-electron chi connectivity index (χ2n) is 5.03. The highest BCUT2D eigenvalue weighted by molar-refractivity contribution is 9.10. The monoisotopic (exact) mass is 446 g/mol. The van der Waals surface area contributed by atoms with E-state index >= 15 is 0 Å². The Balaban J connectivity index is 2.17. The smallest absolute Gasteiger partial charge is 0.281 e. The molecule has 138 valence electrons. The Morgan fingerprint density at radius 3 is 2.81 bits per heavy atom. The first-order valence-electron chi connectivity index (χ1n) is 7.27. The lowest BCUT2D eigenvalue weighted by Gasteiger charge is -2.11. The average molecular weight is 448 g/mol. The maximum atomic E-state index is 13.9. The fourth-order valence-corrected chi connectivity index (χ4v) is 2.72. The number of halogens is 4. The van der Waals surface area contributed by atoms with Crippen molar-refractivity contribution in [2.24, 2.45) is 10.7 Å². The van der Waals surface area contributed by atoms with Crippen molar-refractivity contribution >= 4 is 45.1 Å². The normalized spacial score (nSPS) is 11.3. The van der Waals surface area contributed by atoms with Gasteiger partial charge < -0.3 is 15.8 Å². The van der Waals surface area contributed by atoms with E-state index in [9.17, 15) is 13.6 Å². The topological polar surface area (TPSA) is 89.6 Å². The highest BCUT2D eigenvalue weighted by Crippen LogP contribution is 2.22. The van der Waals surface area contributed by atoms with Gasteiger partial charge in [0.1, 0.15) is 5.69 Å². The summed E-state index contributed by atoms with van der Waals surface area (Å²) in [5, 5.41) is 2.55. The van der Waals surface area contributed by atoms with E-state index in [1.165, 1.54) is 25.4 Å². The summed E-state index contributed by atoms with van der Waals surface area (Å²) in [7, 11) is 1.44. The van der Waals surface area contributed by atoms with Gasteiger partial charge in [0, 0.05) is 35.9 Å². The summed E-state index contributed by atoms with van der Waals surface area (Å²) >= 11 is 9.14. The number of nitrogens with two attached hydrogens (primary N) is 1. The Labute approximate surface area is 161 Å². The van der Waals surface area contributed by atoms with Gasteiger partial charge >= 0.3 is 0 Å². The molecule has 1 aromatic carbocycles. The second-order valence-corrected chi connectivity index (χ2v) is 6.35. The summed E-state index contributed by atoms with van der Waals surface area (Å²) in [5.74, 6) is -2.79. The lowest BCUT2D eigenvalue weighted by atomic mass is 10.1. The lowest BCUT2D eigenvalue weighted by molar-refractivity contribution is 0.102. The molecule has 0 unspecified atom stereocenters. The number of amidine groups is 1. The van der Waals surface area contributed by atoms with Crippen LogP contribution >= 0.6 is 27.5 Å². The SMILES string of the molecule is CN=C(N)OCCc1cc(NC(=O)c2ncc(Br)cc2Cl)cc(F)c1F. The molecule has 1 aromatic heterocycles. The molecule has 0 saturated heterocycles. The van der Waals surface area contributed by atoms with Crippen molar-refractivity contribution in [1.29, 1.82) is 0 Å². The summed E-state index contributed by atoms with van der Waals surface area (Å²) in [6.07, 6.45) is 1.43. The van der Waals surface area contributed by atoms with Gasteiger partial charge in [-0.15, -0.1) is 0 Å². The van der Waals surface area contributed by atoms with Crippen LogP contribution in [-0.2, 0) is 11.2 Å². The fraction of sp³-hybridized carbons (Fsp3) is 0.188. The van der Waals surface area contributed by atoms with Crippen LogP contribution in [0.1, 0.15) is 16.1 Å². The minimum atomic E-state index is -1.11. The van der Waals surface area contributed by atoms with Gasteiger partial charge in [-0.05, 0) is 33.6 Å². The first-order chi connectivity index (χ1) is 12.3. The predicted octanol–water partition coefficient (Wildman–Crippen LogP) is 3.53. The fourth-order valence-electron chi connectivity index (χ4n) is 2.00. The number of anilines is 1. The van der Waals surface area contributed by atoms with Gasteiger partial charge in [-0.2, -0.15) is 0 Å². The molecule has 0 aliphatic heterocycles. The summed E-state index contributed by atoms with van der Waals surface area (Å²) < 4.78 is 33.4. The molecule has 2 aromatic rings. The molecule has 3 N–H and O–H groups in total. The molecular weight excluding hydrogens is 434 g/mol.